The van der Waals surface area contributed by atoms with Crippen LogP contribution in [0.3, 0.4) is 0 Å². The van der Waals surface area contributed by atoms with Gasteiger partial charge in [0.15, 0.2) is 0 Å². The van der Waals surface area contributed by atoms with Gasteiger partial charge in [-0.15, -0.1) is 24.8 Å². The number of hydrogen-bond acceptors (Lipinski definition) is 5. The van der Waals surface area contributed by atoms with E-state index < -0.39 is 0 Å². The van der Waals surface area contributed by atoms with Crippen molar-refractivity contribution in [3.63, 3.8) is 0 Å². The highest BCUT2D eigenvalue weighted by molar-refractivity contribution is 5.85. The van der Waals surface area contributed by atoms with Crippen LogP contribution in [0, 0.1) is 0 Å². The van der Waals surface area contributed by atoms with Gasteiger partial charge in [-0.25, -0.2) is 0 Å². The van der Waals surface area contributed by atoms with E-state index in [0.717, 1.165) is 37.6 Å². The van der Waals surface area contributed by atoms with Gasteiger partial charge in [0.2, 0.25) is 5.91 Å². The van der Waals surface area contributed by atoms with Gasteiger partial charge in [-0.3, -0.25) is 4.79 Å². The Labute approximate surface area is 156 Å². The van der Waals surface area contributed by atoms with Crippen LogP contribution < -0.4 is 15.4 Å². The van der Waals surface area contributed by atoms with Crippen LogP contribution in [-0.4, -0.2) is 63.9 Å². The molecular formula is C16H27Cl2N3O3. The average molecular weight is 380 g/mol. The fraction of sp³-hybridized carbons (Fsp3) is 0.562. The average Bonchev–Trinajstić information content (AvgIpc) is 2.59. The molecule has 1 fully saturated rings. The van der Waals surface area contributed by atoms with Crippen LogP contribution in [0.4, 0.5) is 5.69 Å². The third kappa shape index (κ3) is 6.02. The molecule has 1 aliphatic heterocycles. The molecular weight excluding hydrogens is 353 g/mol. The molecule has 2 rings (SSSR count). The molecule has 1 aromatic carbocycles. The van der Waals surface area contributed by atoms with Crippen LogP contribution >= 0.6 is 24.8 Å². The first kappa shape index (κ1) is 22.8. The summed E-state index contributed by atoms with van der Waals surface area (Å²) >= 11 is 0. The van der Waals surface area contributed by atoms with Crippen molar-refractivity contribution in [3.05, 3.63) is 24.3 Å². The number of rotatable bonds is 6. The zero-order valence-corrected chi connectivity index (χ0v) is 15.8. The fourth-order valence-corrected chi connectivity index (χ4v) is 2.61. The molecule has 0 aromatic heterocycles. The third-order valence-electron chi connectivity index (χ3n) is 4.05. The SMILES string of the molecule is COc1cccc(N2CCN(C(=O)CC(CN)OC)CC2)c1.Cl.Cl. The minimum Gasteiger partial charge on any atom is -0.497 e. The first-order valence-corrected chi connectivity index (χ1v) is 7.57. The number of nitrogens with two attached hydrogens (primary N) is 1. The quantitative estimate of drug-likeness (QED) is 0.811. The Morgan fingerprint density at radius 3 is 2.42 bits per heavy atom. The zero-order chi connectivity index (χ0) is 15.9. The van der Waals surface area contributed by atoms with Crippen molar-refractivity contribution in [2.75, 3.05) is 51.8 Å². The maximum absolute atomic E-state index is 12.2. The number of anilines is 1. The molecule has 1 aromatic rings. The molecule has 2 N–H and O–H groups in total. The molecule has 0 radical (unpaired) electrons. The van der Waals surface area contributed by atoms with Gasteiger partial charge in [0.05, 0.1) is 19.6 Å². The highest BCUT2D eigenvalue weighted by Crippen LogP contribution is 2.22. The van der Waals surface area contributed by atoms with Crippen molar-refractivity contribution in [1.29, 1.82) is 0 Å². The predicted molar refractivity (Wildman–Crippen MR) is 101 cm³/mol. The van der Waals surface area contributed by atoms with Crippen molar-refractivity contribution < 1.29 is 14.3 Å². The van der Waals surface area contributed by atoms with Gasteiger partial charge >= 0.3 is 0 Å². The number of carbonyl (C=O) groups excluding carboxylic acids is 1. The van der Waals surface area contributed by atoms with Crippen molar-refractivity contribution in [3.8, 4) is 5.75 Å². The molecule has 1 atom stereocenters. The summed E-state index contributed by atoms with van der Waals surface area (Å²) < 4.78 is 10.4. The third-order valence-corrected chi connectivity index (χ3v) is 4.05. The Morgan fingerprint density at radius 1 is 1.21 bits per heavy atom. The smallest absolute Gasteiger partial charge is 0.225 e. The molecule has 1 aliphatic rings. The second-order valence-electron chi connectivity index (χ2n) is 5.37. The summed E-state index contributed by atoms with van der Waals surface area (Å²) in [5, 5.41) is 0. The number of carbonyl (C=O) groups is 1. The molecule has 8 heteroatoms. The van der Waals surface area contributed by atoms with E-state index in [9.17, 15) is 4.79 Å². The van der Waals surface area contributed by atoms with Crippen LogP contribution in [0.25, 0.3) is 0 Å². The molecule has 0 aliphatic carbocycles. The molecule has 6 nitrogen and oxygen atoms in total. The number of ether oxygens (including phenoxy) is 2. The van der Waals surface area contributed by atoms with Gasteiger partial charge in [-0.05, 0) is 12.1 Å². The number of piperazine rings is 1. The number of amides is 1. The minimum absolute atomic E-state index is 0. The Morgan fingerprint density at radius 2 is 1.88 bits per heavy atom. The second kappa shape index (κ2) is 11.4. The predicted octanol–water partition coefficient (Wildman–Crippen LogP) is 1.55. The van der Waals surface area contributed by atoms with Crippen LogP contribution in [0.1, 0.15) is 6.42 Å². The lowest BCUT2D eigenvalue weighted by molar-refractivity contribution is -0.133. The molecule has 0 spiro atoms. The lowest BCUT2D eigenvalue weighted by Crippen LogP contribution is -2.49. The Bertz CT molecular complexity index is 493. The van der Waals surface area contributed by atoms with E-state index in [2.05, 4.69) is 11.0 Å². The Hall–Kier alpha value is -1.21. The standard InChI is InChI=1S/C16H25N3O3.2ClH/c1-21-14-5-3-4-13(10-14)18-6-8-19(9-7-18)16(20)11-15(12-17)22-2;;/h3-5,10,15H,6-9,11-12,17H2,1-2H3;2*1H. The zero-order valence-electron chi connectivity index (χ0n) is 14.1. The summed E-state index contributed by atoms with van der Waals surface area (Å²) in [6, 6.07) is 8.00. The van der Waals surface area contributed by atoms with Gasteiger partial charge in [-0.1, -0.05) is 6.07 Å². The maximum Gasteiger partial charge on any atom is 0.225 e. The summed E-state index contributed by atoms with van der Waals surface area (Å²) in [5.74, 6) is 0.962. The maximum atomic E-state index is 12.2. The minimum atomic E-state index is -0.191. The van der Waals surface area contributed by atoms with Gasteiger partial charge in [-0.2, -0.15) is 0 Å². The summed E-state index contributed by atoms with van der Waals surface area (Å²) in [4.78, 5) is 16.4. The van der Waals surface area contributed by atoms with Crippen molar-refractivity contribution >= 4 is 36.4 Å². The van der Waals surface area contributed by atoms with E-state index in [1.54, 1.807) is 14.2 Å². The van der Waals surface area contributed by atoms with Gasteiger partial charge in [0, 0.05) is 51.6 Å². The number of halogens is 2. The first-order chi connectivity index (χ1) is 10.7. The van der Waals surface area contributed by atoms with E-state index in [4.69, 9.17) is 15.2 Å². The van der Waals surface area contributed by atoms with Crippen LogP contribution in [0.2, 0.25) is 0 Å². The van der Waals surface area contributed by atoms with Crippen molar-refractivity contribution in [2.24, 2.45) is 5.73 Å². The van der Waals surface area contributed by atoms with E-state index in [1.807, 2.05) is 23.1 Å². The highest BCUT2D eigenvalue weighted by atomic mass is 35.5. The largest absolute Gasteiger partial charge is 0.497 e. The monoisotopic (exact) mass is 379 g/mol. The molecule has 0 saturated carbocycles. The molecule has 24 heavy (non-hydrogen) atoms. The lowest BCUT2D eigenvalue weighted by atomic mass is 10.2. The lowest BCUT2D eigenvalue weighted by Gasteiger charge is -2.36. The first-order valence-electron chi connectivity index (χ1n) is 7.57. The Balaban J connectivity index is 0.00000264. The molecule has 138 valence electrons. The normalized spacial score (nSPS) is 15.1. The van der Waals surface area contributed by atoms with Crippen LogP contribution in [0.5, 0.6) is 5.75 Å². The fourth-order valence-electron chi connectivity index (χ4n) is 2.61. The highest BCUT2D eigenvalue weighted by Gasteiger charge is 2.23. The van der Waals surface area contributed by atoms with E-state index in [-0.39, 0.29) is 36.8 Å². The molecule has 1 amide bonds. The van der Waals surface area contributed by atoms with E-state index >= 15 is 0 Å². The van der Waals surface area contributed by atoms with Crippen LogP contribution in [-0.2, 0) is 9.53 Å². The Kier molecular flexibility index (Phi) is 10.8. The number of methoxy groups -OCH3 is 2. The van der Waals surface area contributed by atoms with Gasteiger partial charge in [0.1, 0.15) is 5.75 Å². The number of hydrogen-bond donors (Lipinski definition) is 1. The second-order valence-corrected chi connectivity index (χ2v) is 5.37. The van der Waals surface area contributed by atoms with Crippen molar-refractivity contribution in [1.82, 2.24) is 4.90 Å². The van der Waals surface area contributed by atoms with E-state index in [1.165, 1.54) is 0 Å². The van der Waals surface area contributed by atoms with Gasteiger partial charge in [0.25, 0.3) is 0 Å². The summed E-state index contributed by atoms with van der Waals surface area (Å²) in [6.07, 6.45) is 0.163. The summed E-state index contributed by atoms with van der Waals surface area (Å²) in [5.41, 5.74) is 6.70. The molecule has 1 heterocycles. The summed E-state index contributed by atoms with van der Waals surface area (Å²) in [6.45, 7) is 3.44. The van der Waals surface area contributed by atoms with Gasteiger partial charge < -0.3 is 25.0 Å². The summed E-state index contributed by atoms with van der Waals surface area (Å²) in [7, 11) is 3.25. The molecule has 1 saturated heterocycles. The van der Waals surface area contributed by atoms with Crippen molar-refractivity contribution in [2.45, 2.75) is 12.5 Å². The van der Waals surface area contributed by atoms with E-state index in [0.29, 0.717) is 13.0 Å². The molecule has 1 unspecified atom stereocenters. The van der Waals surface area contributed by atoms with Crippen LogP contribution in [0.15, 0.2) is 24.3 Å². The topological polar surface area (TPSA) is 68.0 Å². The molecule has 0 bridgehead atoms. The number of benzene rings is 1. The number of nitrogens with zero attached hydrogens (tertiary/aromatic N) is 2.